The number of allylic oxidation sites excluding steroid dienone is 3. The summed E-state index contributed by atoms with van der Waals surface area (Å²) in [5.41, 5.74) is 5.35. The molecule has 0 fully saturated rings. The summed E-state index contributed by atoms with van der Waals surface area (Å²) in [6.07, 6.45) is 40.0. The number of phosphoric ester groups is 1. The van der Waals surface area contributed by atoms with Crippen molar-refractivity contribution in [1.82, 2.24) is 0 Å². The Kier molecular flexibility index (Phi) is 36.2. The first-order chi connectivity index (χ1) is 23.4. The third-order valence-electron chi connectivity index (χ3n) is 8.44. The number of unbranched alkanes of at least 4 members (excludes halogenated alkanes) is 23. The van der Waals surface area contributed by atoms with Crippen molar-refractivity contribution >= 4 is 13.8 Å². The van der Waals surface area contributed by atoms with Crippen molar-refractivity contribution in [2.24, 2.45) is 5.73 Å². The molecule has 8 nitrogen and oxygen atoms in total. The lowest BCUT2D eigenvalue weighted by atomic mass is 10.0. The Labute approximate surface area is 296 Å². The maximum Gasteiger partial charge on any atom is 0.472 e. The van der Waals surface area contributed by atoms with Gasteiger partial charge < -0.3 is 20.1 Å². The summed E-state index contributed by atoms with van der Waals surface area (Å²) in [5, 5.41) is 0. The lowest BCUT2D eigenvalue weighted by Crippen LogP contribution is -2.27. The van der Waals surface area contributed by atoms with Crippen LogP contribution in [0.3, 0.4) is 0 Å². The molecule has 2 atom stereocenters. The molecular formula is C39H76NO7P. The van der Waals surface area contributed by atoms with E-state index >= 15 is 0 Å². The summed E-state index contributed by atoms with van der Waals surface area (Å²) in [6, 6.07) is 0. The van der Waals surface area contributed by atoms with E-state index in [-0.39, 0.29) is 32.3 Å². The molecule has 0 spiro atoms. The SMILES string of the molecule is CCCC/C=C/CCCCCCCC(=O)O[C@@H](CO/C=C/CCCCCCCCCCCCCCCCCC)COP(=O)(O)OCCN. The summed E-state index contributed by atoms with van der Waals surface area (Å²) in [7, 11) is -4.28. The van der Waals surface area contributed by atoms with Gasteiger partial charge in [-0.2, -0.15) is 0 Å². The number of carbonyl (C=O) groups excluding carboxylic acids is 1. The highest BCUT2D eigenvalue weighted by atomic mass is 31.2. The monoisotopic (exact) mass is 702 g/mol. The maximum absolute atomic E-state index is 12.5. The zero-order chi connectivity index (χ0) is 35.2. The minimum absolute atomic E-state index is 0.0316. The van der Waals surface area contributed by atoms with Crippen LogP contribution in [0.5, 0.6) is 0 Å². The van der Waals surface area contributed by atoms with Crippen LogP contribution in [0, 0.1) is 0 Å². The molecule has 0 bridgehead atoms. The van der Waals surface area contributed by atoms with Crippen molar-refractivity contribution in [3.05, 3.63) is 24.5 Å². The molecule has 0 amide bonds. The number of phosphoric acid groups is 1. The molecule has 0 aliphatic rings. The van der Waals surface area contributed by atoms with Crippen LogP contribution in [-0.2, 0) is 27.9 Å². The molecule has 0 heterocycles. The van der Waals surface area contributed by atoms with Crippen molar-refractivity contribution in [2.75, 3.05) is 26.4 Å². The summed E-state index contributed by atoms with van der Waals surface area (Å²) >= 11 is 0. The van der Waals surface area contributed by atoms with Crippen molar-refractivity contribution in [3.63, 3.8) is 0 Å². The van der Waals surface area contributed by atoms with Crippen LogP contribution >= 0.6 is 7.82 Å². The normalized spacial score (nSPS) is 13.8. The maximum atomic E-state index is 12.5. The van der Waals surface area contributed by atoms with Gasteiger partial charge in [-0.1, -0.05) is 154 Å². The zero-order valence-corrected chi connectivity index (χ0v) is 32.1. The molecule has 48 heavy (non-hydrogen) atoms. The Morgan fingerprint density at radius 3 is 1.60 bits per heavy atom. The van der Waals surface area contributed by atoms with Gasteiger partial charge in [-0.25, -0.2) is 4.57 Å². The van der Waals surface area contributed by atoms with E-state index in [1.165, 1.54) is 122 Å². The van der Waals surface area contributed by atoms with Gasteiger partial charge in [0, 0.05) is 13.0 Å². The number of hydrogen-bond donors (Lipinski definition) is 2. The molecule has 0 radical (unpaired) electrons. The number of nitrogens with two attached hydrogens (primary N) is 1. The largest absolute Gasteiger partial charge is 0.498 e. The van der Waals surface area contributed by atoms with E-state index in [1.54, 1.807) is 6.26 Å². The van der Waals surface area contributed by atoms with E-state index < -0.39 is 13.9 Å². The fourth-order valence-electron chi connectivity index (χ4n) is 5.47. The molecule has 0 aromatic heterocycles. The zero-order valence-electron chi connectivity index (χ0n) is 31.2. The van der Waals surface area contributed by atoms with E-state index in [2.05, 4.69) is 26.0 Å². The lowest BCUT2D eigenvalue weighted by Gasteiger charge is -2.19. The van der Waals surface area contributed by atoms with Crippen molar-refractivity contribution in [2.45, 2.75) is 193 Å². The van der Waals surface area contributed by atoms with Crippen molar-refractivity contribution in [1.29, 1.82) is 0 Å². The lowest BCUT2D eigenvalue weighted by molar-refractivity contribution is -0.153. The van der Waals surface area contributed by atoms with Gasteiger partial charge in [0.15, 0.2) is 6.10 Å². The predicted octanol–water partition coefficient (Wildman–Crippen LogP) is 11.6. The first-order valence-electron chi connectivity index (χ1n) is 19.9. The molecule has 0 saturated heterocycles. The molecular weight excluding hydrogens is 625 g/mol. The Bertz CT molecular complexity index is 792. The second kappa shape index (κ2) is 37.1. The fourth-order valence-corrected chi connectivity index (χ4v) is 6.24. The molecule has 0 aliphatic carbocycles. The number of carbonyl (C=O) groups is 1. The van der Waals surface area contributed by atoms with Crippen LogP contribution in [0.4, 0.5) is 0 Å². The standard InChI is InChI=1S/C39H76NO7P/c1-3-5-7-9-11-13-15-16-17-18-19-20-21-23-25-27-29-31-34-44-36-38(37-46-48(42,43)45-35-33-40)47-39(41)32-30-28-26-24-22-14-12-10-8-6-4-2/h10,12,31,34,38H,3-9,11,13-30,32-33,35-37,40H2,1-2H3,(H,42,43)/b12-10+,34-31+/t38-/m0/s1. The molecule has 284 valence electrons. The van der Waals surface area contributed by atoms with Crippen molar-refractivity contribution < 1.29 is 32.8 Å². The second-order valence-electron chi connectivity index (χ2n) is 13.2. The van der Waals surface area contributed by atoms with E-state index in [0.717, 1.165) is 44.9 Å². The molecule has 3 N–H and O–H groups in total. The van der Waals surface area contributed by atoms with Gasteiger partial charge in [0.25, 0.3) is 0 Å². The topological polar surface area (TPSA) is 117 Å². The van der Waals surface area contributed by atoms with Gasteiger partial charge in [0.1, 0.15) is 6.61 Å². The summed E-state index contributed by atoms with van der Waals surface area (Å²) in [5.74, 6) is -0.362. The average Bonchev–Trinajstić information content (AvgIpc) is 3.07. The van der Waals surface area contributed by atoms with Crippen LogP contribution in [0.25, 0.3) is 0 Å². The van der Waals surface area contributed by atoms with Gasteiger partial charge in [-0.05, 0) is 44.6 Å². The Morgan fingerprint density at radius 1 is 0.625 bits per heavy atom. The highest BCUT2D eigenvalue weighted by molar-refractivity contribution is 7.47. The van der Waals surface area contributed by atoms with Gasteiger partial charge in [-0.15, -0.1) is 0 Å². The van der Waals surface area contributed by atoms with Crippen LogP contribution < -0.4 is 5.73 Å². The van der Waals surface area contributed by atoms with Gasteiger partial charge in [-0.3, -0.25) is 13.8 Å². The third kappa shape index (κ3) is 36.1. The highest BCUT2D eigenvalue weighted by Crippen LogP contribution is 2.43. The highest BCUT2D eigenvalue weighted by Gasteiger charge is 2.25. The number of ether oxygens (including phenoxy) is 2. The molecule has 0 aromatic carbocycles. The van der Waals surface area contributed by atoms with Crippen molar-refractivity contribution in [3.8, 4) is 0 Å². The van der Waals surface area contributed by atoms with Crippen LogP contribution in [0.1, 0.15) is 187 Å². The van der Waals surface area contributed by atoms with Gasteiger partial charge in [0.2, 0.25) is 0 Å². The summed E-state index contributed by atoms with van der Waals surface area (Å²) in [4.78, 5) is 22.3. The summed E-state index contributed by atoms with van der Waals surface area (Å²) in [6.45, 7) is 4.20. The second-order valence-corrected chi connectivity index (χ2v) is 14.7. The van der Waals surface area contributed by atoms with Crippen LogP contribution in [0.15, 0.2) is 24.5 Å². The Balaban J connectivity index is 4.07. The number of rotatable bonds is 38. The smallest absolute Gasteiger partial charge is 0.472 e. The quantitative estimate of drug-likeness (QED) is 0.0215. The molecule has 9 heteroatoms. The first-order valence-corrected chi connectivity index (χ1v) is 21.4. The van der Waals surface area contributed by atoms with E-state index in [1.807, 2.05) is 6.08 Å². The van der Waals surface area contributed by atoms with Crippen LogP contribution in [-0.4, -0.2) is 43.3 Å². The van der Waals surface area contributed by atoms with E-state index in [9.17, 15) is 14.3 Å². The molecule has 1 unspecified atom stereocenters. The first kappa shape index (κ1) is 46.8. The number of hydrogen-bond acceptors (Lipinski definition) is 7. The van der Waals surface area contributed by atoms with Crippen LogP contribution in [0.2, 0.25) is 0 Å². The molecule has 0 saturated carbocycles. The molecule has 0 aromatic rings. The van der Waals surface area contributed by atoms with Gasteiger partial charge in [0.05, 0.1) is 19.5 Å². The average molecular weight is 702 g/mol. The molecule has 0 aliphatic heterocycles. The van der Waals surface area contributed by atoms with E-state index in [0.29, 0.717) is 6.42 Å². The minimum Gasteiger partial charge on any atom is -0.498 e. The Morgan fingerprint density at radius 2 is 1.08 bits per heavy atom. The predicted molar refractivity (Wildman–Crippen MR) is 201 cm³/mol. The minimum atomic E-state index is -4.28. The molecule has 0 rings (SSSR count). The number of esters is 1. The Hall–Kier alpha value is -1.18. The van der Waals surface area contributed by atoms with Gasteiger partial charge >= 0.3 is 13.8 Å². The third-order valence-corrected chi connectivity index (χ3v) is 9.42. The fraction of sp³-hybridized carbons (Fsp3) is 0.872. The summed E-state index contributed by atoms with van der Waals surface area (Å²) < 4.78 is 33.0. The van der Waals surface area contributed by atoms with E-state index in [4.69, 9.17) is 24.3 Å².